The van der Waals surface area contributed by atoms with E-state index >= 15 is 0 Å². The lowest BCUT2D eigenvalue weighted by Gasteiger charge is -2.09. The molecule has 17 heavy (non-hydrogen) atoms. The van der Waals surface area contributed by atoms with Crippen molar-refractivity contribution in [2.24, 2.45) is 5.73 Å². The number of hydrogen-bond acceptors (Lipinski definition) is 4. The fourth-order valence-electron chi connectivity index (χ4n) is 1.25. The van der Waals surface area contributed by atoms with E-state index in [0.717, 1.165) is 0 Å². The van der Waals surface area contributed by atoms with Crippen LogP contribution in [0.2, 0.25) is 5.02 Å². The summed E-state index contributed by atoms with van der Waals surface area (Å²) < 4.78 is 4.60. The normalized spacial score (nSPS) is 9.82. The molecule has 6 heteroatoms. The highest BCUT2D eigenvalue weighted by Gasteiger charge is 2.14. The van der Waals surface area contributed by atoms with E-state index in [-0.39, 0.29) is 24.4 Å². The zero-order valence-corrected chi connectivity index (χ0v) is 10.1. The molecule has 0 bridgehead atoms. The van der Waals surface area contributed by atoms with Crippen LogP contribution in [0.15, 0.2) is 18.2 Å². The first-order valence-electron chi connectivity index (χ1n) is 4.96. The first kappa shape index (κ1) is 13.5. The van der Waals surface area contributed by atoms with Crippen molar-refractivity contribution >= 4 is 29.2 Å². The molecule has 92 valence electrons. The van der Waals surface area contributed by atoms with Gasteiger partial charge in [-0.25, -0.2) is 4.79 Å². The lowest BCUT2D eigenvalue weighted by atomic mass is 10.1. The Bertz CT molecular complexity index is 435. The topological polar surface area (TPSA) is 81.4 Å². The first-order valence-corrected chi connectivity index (χ1v) is 5.34. The van der Waals surface area contributed by atoms with Gasteiger partial charge in [-0.1, -0.05) is 11.6 Å². The van der Waals surface area contributed by atoms with Gasteiger partial charge in [-0.2, -0.15) is 0 Å². The molecule has 0 spiro atoms. The molecule has 0 saturated carbocycles. The third kappa shape index (κ3) is 3.72. The Morgan fingerprint density at radius 1 is 1.47 bits per heavy atom. The molecule has 0 aliphatic carbocycles. The van der Waals surface area contributed by atoms with Gasteiger partial charge < -0.3 is 15.8 Å². The van der Waals surface area contributed by atoms with Crippen LogP contribution in [0, 0.1) is 0 Å². The van der Waals surface area contributed by atoms with Crippen LogP contribution in [0.5, 0.6) is 0 Å². The second-order valence-electron chi connectivity index (χ2n) is 3.27. The summed E-state index contributed by atoms with van der Waals surface area (Å²) in [4.78, 5) is 22.9. The number of benzene rings is 1. The fraction of sp³-hybridized carbons (Fsp3) is 0.273. The van der Waals surface area contributed by atoms with Gasteiger partial charge in [0.15, 0.2) is 0 Å². The van der Waals surface area contributed by atoms with E-state index in [1.165, 1.54) is 13.2 Å². The van der Waals surface area contributed by atoms with Crippen molar-refractivity contribution in [3.8, 4) is 0 Å². The molecule has 0 aliphatic rings. The second kappa shape index (κ2) is 6.22. The Morgan fingerprint density at radius 2 is 2.18 bits per heavy atom. The number of esters is 1. The largest absolute Gasteiger partial charge is 0.465 e. The molecule has 0 unspecified atom stereocenters. The molecule has 0 aromatic heterocycles. The average molecular weight is 257 g/mol. The number of hydrogen-bond donors (Lipinski definition) is 2. The number of carbonyl (C=O) groups is 2. The van der Waals surface area contributed by atoms with Crippen LogP contribution >= 0.6 is 11.6 Å². The number of methoxy groups -OCH3 is 1. The molecule has 0 heterocycles. The molecule has 1 rings (SSSR count). The summed E-state index contributed by atoms with van der Waals surface area (Å²) in [5, 5.41) is 2.97. The van der Waals surface area contributed by atoms with Crippen molar-refractivity contribution in [2.45, 2.75) is 6.42 Å². The molecular weight excluding hydrogens is 244 g/mol. The van der Waals surface area contributed by atoms with E-state index in [1.807, 2.05) is 0 Å². The molecule has 3 N–H and O–H groups in total. The Labute approximate surface area is 104 Å². The summed E-state index contributed by atoms with van der Waals surface area (Å²) in [6, 6.07) is 4.56. The Morgan fingerprint density at radius 3 is 2.76 bits per heavy atom. The van der Waals surface area contributed by atoms with Gasteiger partial charge in [-0.15, -0.1) is 0 Å². The Kier molecular flexibility index (Phi) is 4.93. The smallest absolute Gasteiger partial charge is 0.340 e. The molecule has 0 aliphatic heterocycles. The monoisotopic (exact) mass is 256 g/mol. The molecule has 5 nitrogen and oxygen atoms in total. The van der Waals surface area contributed by atoms with Gasteiger partial charge in [0.1, 0.15) is 0 Å². The molecule has 1 amide bonds. The van der Waals surface area contributed by atoms with Crippen molar-refractivity contribution in [2.75, 3.05) is 19.0 Å². The van der Waals surface area contributed by atoms with Crippen molar-refractivity contribution in [1.82, 2.24) is 0 Å². The minimum absolute atomic E-state index is 0.184. The number of ether oxygens (including phenoxy) is 1. The number of nitrogens with two attached hydrogens (primary N) is 1. The van der Waals surface area contributed by atoms with Crippen molar-refractivity contribution in [3.05, 3.63) is 28.8 Å². The maximum Gasteiger partial charge on any atom is 0.340 e. The quantitative estimate of drug-likeness (QED) is 0.798. The third-order valence-electron chi connectivity index (χ3n) is 2.03. The standard InChI is InChI=1S/C11H13ClN2O3/c1-17-11(16)8-6-7(12)2-3-9(8)14-10(15)4-5-13/h2-3,6H,4-5,13H2,1H3,(H,14,15). The van der Waals surface area contributed by atoms with E-state index in [9.17, 15) is 9.59 Å². The minimum Gasteiger partial charge on any atom is -0.465 e. The van der Waals surface area contributed by atoms with Crippen molar-refractivity contribution < 1.29 is 14.3 Å². The van der Waals surface area contributed by atoms with E-state index in [2.05, 4.69) is 10.1 Å². The van der Waals surface area contributed by atoms with Gasteiger partial charge in [0.2, 0.25) is 5.91 Å². The first-order chi connectivity index (χ1) is 8.08. The summed E-state index contributed by atoms with van der Waals surface area (Å²) >= 11 is 5.78. The van der Waals surface area contributed by atoms with Gasteiger partial charge in [0, 0.05) is 18.0 Å². The SMILES string of the molecule is COC(=O)c1cc(Cl)ccc1NC(=O)CCN. The van der Waals surface area contributed by atoms with Crippen LogP contribution in [0.1, 0.15) is 16.8 Å². The van der Waals surface area contributed by atoms with Crippen molar-refractivity contribution in [1.29, 1.82) is 0 Å². The highest BCUT2D eigenvalue weighted by molar-refractivity contribution is 6.31. The van der Waals surface area contributed by atoms with Crippen molar-refractivity contribution in [3.63, 3.8) is 0 Å². The fourth-order valence-corrected chi connectivity index (χ4v) is 1.42. The second-order valence-corrected chi connectivity index (χ2v) is 3.70. The van der Waals surface area contributed by atoms with E-state index in [1.54, 1.807) is 12.1 Å². The van der Waals surface area contributed by atoms with Crippen LogP contribution in [0.3, 0.4) is 0 Å². The Hall–Kier alpha value is -1.59. The van der Waals surface area contributed by atoms with Gasteiger partial charge in [0.05, 0.1) is 18.4 Å². The number of anilines is 1. The lowest BCUT2D eigenvalue weighted by molar-refractivity contribution is -0.116. The summed E-state index contributed by atoms with van der Waals surface area (Å²) in [5.74, 6) is -0.824. The predicted molar refractivity (Wildman–Crippen MR) is 65.1 cm³/mol. The van der Waals surface area contributed by atoms with Crippen LogP contribution < -0.4 is 11.1 Å². The number of carbonyl (C=O) groups excluding carboxylic acids is 2. The van der Waals surface area contributed by atoms with Crippen LogP contribution in [-0.2, 0) is 9.53 Å². The van der Waals surface area contributed by atoms with E-state index in [4.69, 9.17) is 17.3 Å². The molecule has 0 saturated heterocycles. The van der Waals surface area contributed by atoms with Gasteiger partial charge in [-0.05, 0) is 18.2 Å². The van der Waals surface area contributed by atoms with Gasteiger partial charge in [0.25, 0.3) is 0 Å². The van der Waals surface area contributed by atoms with Gasteiger partial charge >= 0.3 is 5.97 Å². The lowest BCUT2D eigenvalue weighted by Crippen LogP contribution is -2.18. The van der Waals surface area contributed by atoms with Crippen LogP contribution in [-0.4, -0.2) is 25.5 Å². The average Bonchev–Trinajstić information content (AvgIpc) is 2.30. The Balaban J connectivity index is 2.98. The van der Waals surface area contributed by atoms with Crippen LogP contribution in [0.25, 0.3) is 0 Å². The molecule has 1 aromatic carbocycles. The summed E-state index contributed by atoms with van der Waals surface area (Å²) in [6.07, 6.45) is 0.184. The highest BCUT2D eigenvalue weighted by Crippen LogP contribution is 2.21. The minimum atomic E-state index is -0.560. The zero-order chi connectivity index (χ0) is 12.8. The van der Waals surface area contributed by atoms with Crippen LogP contribution in [0.4, 0.5) is 5.69 Å². The zero-order valence-electron chi connectivity index (χ0n) is 9.33. The molecule has 0 radical (unpaired) electrons. The number of nitrogens with one attached hydrogen (secondary N) is 1. The number of halogens is 1. The molecule has 1 aromatic rings. The third-order valence-corrected chi connectivity index (χ3v) is 2.27. The highest BCUT2D eigenvalue weighted by atomic mass is 35.5. The van der Waals surface area contributed by atoms with E-state index < -0.39 is 5.97 Å². The van der Waals surface area contributed by atoms with Gasteiger partial charge in [-0.3, -0.25) is 4.79 Å². The summed E-state index contributed by atoms with van der Waals surface area (Å²) in [5.41, 5.74) is 5.83. The maximum atomic E-state index is 11.5. The number of rotatable bonds is 4. The van der Waals surface area contributed by atoms with E-state index in [0.29, 0.717) is 10.7 Å². The molecular formula is C11H13ClN2O3. The number of amides is 1. The summed E-state index contributed by atoms with van der Waals surface area (Å²) in [6.45, 7) is 0.243. The molecule has 0 fully saturated rings. The molecule has 0 atom stereocenters. The summed E-state index contributed by atoms with van der Waals surface area (Å²) in [7, 11) is 1.26. The maximum absolute atomic E-state index is 11.5. The predicted octanol–water partition coefficient (Wildman–Crippen LogP) is 1.41.